The molecule has 3 aromatic rings. The van der Waals surface area contributed by atoms with Crippen LogP contribution >= 0.6 is 11.3 Å². The first-order valence-electron chi connectivity index (χ1n) is 6.34. The lowest BCUT2D eigenvalue weighted by molar-refractivity contribution is 1.46. The first-order valence-corrected chi connectivity index (χ1v) is 7.16. The Balaban J connectivity index is 2.03. The molecule has 2 nitrogen and oxygen atoms in total. The number of fused-ring (bicyclic) bond motifs is 1. The van der Waals surface area contributed by atoms with E-state index >= 15 is 0 Å². The summed E-state index contributed by atoms with van der Waals surface area (Å²) in [4.78, 5) is 0.820. The maximum absolute atomic E-state index is 7.54. The van der Waals surface area contributed by atoms with Crippen molar-refractivity contribution in [2.24, 2.45) is 5.73 Å². The first kappa shape index (κ1) is 12.6. The van der Waals surface area contributed by atoms with Crippen LogP contribution in [-0.4, -0.2) is 5.84 Å². The Labute approximate surface area is 121 Å². The Morgan fingerprint density at radius 1 is 1.00 bits per heavy atom. The third kappa shape index (κ3) is 2.49. The van der Waals surface area contributed by atoms with E-state index in [1.54, 1.807) is 11.3 Å². The van der Waals surface area contributed by atoms with Crippen LogP contribution in [0.4, 0.5) is 0 Å². The maximum atomic E-state index is 7.54. The largest absolute Gasteiger partial charge is 0.383 e. The quantitative estimate of drug-likeness (QED) is 0.417. The smallest absolute Gasteiger partial charge is 0.133 e. The molecule has 0 amide bonds. The molecule has 0 aliphatic heterocycles. The second kappa shape index (κ2) is 5.31. The first-order chi connectivity index (χ1) is 9.74. The molecule has 0 atom stereocenters. The summed E-state index contributed by atoms with van der Waals surface area (Å²) in [7, 11) is 0. The van der Waals surface area contributed by atoms with Gasteiger partial charge in [-0.25, -0.2) is 0 Å². The molecular formula is C17H14N2S. The average Bonchev–Trinajstić information content (AvgIpc) is 2.91. The van der Waals surface area contributed by atoms with Crippen molar-refractivity contribution < 1.29 is 0 Å². The molecule has 0 aliphatic carbocycles. The second-order valence-electron chi connectivity index (χ2n) is 4.53. The van der Waals surface area contributed by atoms with Gasteiger partial charge in [-0.1, -0.05) is 54.6 Å². The zero-order valence-corrected chi connectivity index (χ0v) is 11.7. The summed E-state index contributed by atoms with van der Waals surface area (Å²) in [6, 6.07) is 18.4. The molecule has 0 fully saturated rings. The van der Waals surface area contributed by atoms with Gasteiger partial charge in [-0.2, -0.15) is 0 Å². The van der Waals surface area contributed by atoms with Crippen molar-refractivity contribution in [3.05, 3.63) is 70.6 Å². The van der Waals surface area contributed by atoms with Crippen LogP contribution in [0.2, 0.25) is 0 Å². The topological polar surface area (TPSA) is 49.9 Å². The number of rotatable bonds is 3. The van der Waals surface area contributed by atoms with Gasteiger partial charge in [-0.05, 0) is 23.3 Å². The molecule has 1 aromatic heterocycles. The number of amidine groups is 1. The van der Waals surface area contributed by atoms with Crippen LogP contribution in [-0.2, 0) is 0 Å². The van der Waals surface area contributed by atoms with E-state index in [4.69, 9.17) is 11.1 Å². The van der Waals surface area contributed by atoms with E-state index in [0.29, 0.717) is 0 Å². The van der Waals surface area contributed by atoms with Gasteiger partial charge < -0.3 is 5.73 Å². The van der Waals surface area contributed by atoms with Gasteiger partial charge in [-0.15, -0.1) is 11.3 Å². The van der Waals surface area contributed by atoms with E-state index in [0.717, 1.165) is 20.5 Å². The molecule has 98 valence electrons. The molecule has 3 N–H and O–H groups in total. The van der Waals surface area contributed by atoms with E-state index < -0.39 is 0 Å². The summed E-state index contributed by atoms with van der Waals surface area (Å²) in [5.74, 6) is 0.129. The zero-order chi connectivity index (χ0) is 13.9. The molecule has 1 heterocycles. The predicted molar refractivity (Wildman–Crippen MR) is 88.2 cm³/mol. The van der Waals surface area contributed by atoms with Gasteiger partial charge in [-0.3, -0.25) is 5.41 Å². The molecule has 0 bridgehead atoms. The summed E-state index contributed by atoms with van der Waals surface area (Å²) in [6.45, 7) is 0. The van der Waals surface area contributed by atoms with Crippen molar-refractivity contribution in [1.29, 1.82) is 5.41 Å². The van der Waals surface area contributed by atoms with Crippen molar-refractivity contribution in [2.45, 2.75) is 0 Å². The fourth-order valence-electron chi connectivity index (χ4n) is 2.11. The summed E-state index contributed by atoms with van der Waals surface area (Å²) in [5, 5.41) is 8.69. The summed E-state index contributed by atoms with van der Waals surface area (Å²) in [6.07, 6.45) is 4.20. The fraction of sp³-hybridized carbons (Fsp3) is 0. The molecule has 0 unspecified atom stereocenters. The highest BCUT2D eigenvalue weighted by Crippen LogP contribution is 2.29. The minimum Gasteiger partial charge on any atom is -0.383 e. The lowest BCUT2D eigenvalue weighted by atomic mass is 10.1. The van der Waals surface area contributed by atoms with E-state index in [1.165, 1.54) is 5.56 Å². The molecule has 3 rings (SSSR count). The van der Waals surface area contributed by atoms with Gasteiger partial charge in [0, 0.05) is 10.1 Å². The third-order valence-corrected chi connectivity index (χ3v) is 4.25. The molecule has 3 heteroatoms. The van der Waals surface area contributed by atoms with E-state index in [9.17, 15) is 0 Å². The number of nitrogens with two attached hydrogens (primary N) is 1. The Bertz CT molecular complexity index is 785. The minimum absolute atomic E-state index is 0.129. The average molecular weight is 278 g/mol. The van der Waals surface area contributed by atoms with Crippen molar-refractivity contribution >= 4 is 39.4 Å². The lowest BCUT2D eigenvalue weighted by Crippen LogP contribution is -2.08. The molecule has 2 aromatic carbocycles. The number of hydrogen-bond acceptors (Lipinski definition) is 2. The van der Waals surface area contributed by atoms with E-state index in [1.807, 2.05) is 30.3 Å². The van der Waals surface area contributed by atoms with E-state index in [-0.39, 0.29) is 5.84 Å². The summed E-state index contributed by atoms with van der Waals surface area (Å²) < 4.78 is 1.16. The molecule has 0 saturated carbocycles. The van der Waals surface area contributed by atoms with Gasteiger partial charge in [0.15, 0.2) is 0 Å². The van der Waals surface area contributed by atoms with Gasteiger partial charge in [0.05, 0.1) is 4.88 Å². The number of thiophene rings is 1. The standard InChI is InChI=1S/C17H14N2S/c18-17(19)16-11-14-13(7-4-8-15(14)20-16)10-9-12-5-2-1-3-6-12/h1-11H,(H3,18,19). The number of hydrogen-bond donors (Lipinski definition) is 2. The number of benzene rings is 2. The Hall–Kier alpha value is -2.39. The van der Waals surface area contributed by atoms with Crippen LogP contribution in [0.15, 0.2) is 54.6 Å². The second-order valence-corrected chi connectivity index (χ2v) is 5.61. The van der Waals surface area contributed by atoms with Gasteiger partial charge in [0.25, 0.3) is 0 Å². The number of nitrogens with one attached hydrogen (secondary N) is 1. The van der Waals surface area contributed by atoms with Crippen molar-refractivity contribution in [2.75, 3.05) is 0 Å². The maximum Gasteiger partial charge on any atom is 0.133 e. The van der Waals surface area contributed by atoms with Gasteiger partial charge >= 0.3 is 0 Å². The molecule has 0 radical (unpaired) electrons. The van der Waals surface area contributed by atoms with Crippen molar-refractivity contribution in [1.82, 2.24) is 0 Å². The Morgan fingerprint density at radius 3 is 2.55 bits per heavy atom. The highest BCUT2D eigenvalue weighted by Gasteiger charge is 2.06. The van der Waals surface area contributed by atoms with Gasteiger partial charge in [0.1, 0.15) is 5.84 Å². The Morgan fingerprint density at radius 2 is 1.80 bits per heavy atom. The van der Waals surface area contributed by atoms with Crippen LogP contribution in [0.1, 0.15) is 16.0 Å². The van der Waals surface area contributed by atoms with Gasteiger partial charge in [0.2, 0.25) is 0 Å². The minimum atomic E-state index is 0.129. The van der Waals surface area contributed by atoms with Crippen LogP contribution in [0.25, 0.3) is 22.2 Å². The highest BCUT2D eigenvalue weighted by molar-refractivity contribution is 7.20. The SMILES string of the molecule is N=C(N)c1cc2c(C=Cc3ccccc3)cccc2s1. The molecule has 0 spiro atoms. The van der Waals surface area contributed by atoms with Crippen LogP contribution < -0.4 is 5.73 Å². The lowest BCUT2D eigenvalue weighted by Gasteiger charge is -1.96. The van der Waals surface area contributed by atoms with Crippen molar-refractivity contribution in [3.8, 4) is 0 Å². The predicted octanol–water partition coefficient (Wildman–Crippen LogP) is 4.36. The molecule has 20 heavy (non-hydrogen) atoms. The van der Waals surface area contributed by atoms with Crippen molar-refractivity contribution in [3.63, 3.8) is 0 Å². The number of nitrogen functional groups attached to an aromatic ring is 1. The normalized spacial score (nSPS) is 11.2. The fourth-order valence-corrected chi connectivity index (χ4v) is 3.07. The van der Waals surface area contributed by atoms with Crippen LogP contribution in [0.5, 0.6) is 0 Å². The molecule has 0 aliphatic rings. The Kier molecular flexibility index (Phi) is 3.35. The highest BCUT2D eigenvalue weighted by atomic mass is 32.1. The molecule has 0 saturated heterocycles. The zero-order valence-electron chi connectivity index (χ0n) is 10.8. The van der Waals surface area contributed by atoms with Crippen LogP contribution in [0.3, 0.4) is 0 Å². The van der Waals surface area contributed by atoms with Crippen LogP contribution in [0, 0.1) is 5.41 Å². The summed E-state index contributed by atoms with van der Waals surface area (Å²) >= 11 is 1.56. The van der Waals surface area contributed by atoms with E-state index in [2.05, 4.69) is 36.4 Å². The summed E-state index contributed by atoms with van der Waals surface area (Å²) in [5.41, 5.74) is 7.89. The third-order valence-electron chi connectivity index (χ3n) is 3.12. The molecular weight excluding hydrogens is 264 g/mol. The monoisotopic (exact) mass is 278 g/mol.